The minimum Gasteiger partial charge on any atom is -0.454 e. The van der Waals surface area contributed by atoms with Gasteiger partial charge in [-0.15, -0.1) is 0 Å². The maximum Gasteiger partial charge on any atom is 0.341 e. The van der Waals surface area contributed by atoms with Crippen LogP contribution < -0.4 is 14.8 Å². The Morgan fingerprint density at radius 1 is 1.13 bits per heavy atom. The van der Waals surface area contributed by atoms with Crippen molar-refractivity contribution >= 4 is 29.6 Å². The SMILES string of the molecule is CCCCNc1cc(C(=O)OCOC(=O)C(C)(C)C)cc(SNC2OCC(O)CC2O)c1Oc1ccccc1. The number of esters is 2. The minimum atomic E-state index is -0.924. The third kappa shape index (κ3) is 9.40. The average Bonchev–Trinajstić information content (AvgIpc) is 2.89. The lowest BCUT2D eigenvalue weighted by atomic mass is 9.98. The van der Waals surface area contributed by atoms with Gasteiger partial charge in [-0.3, -0.25) is 4.79 Å². The first kappa shape index (κ1) is 30.7. The van der Waals surface area contributed by atoms with Gasteiger partial charge in [0.1, 0.15) is 12.0 Å². The largest absolute Gasteiger partial charge is 0.454 e. The van der Waals surface area contributed by atoms with Crippen molar-refractivity contribution in [3.8, 4) is 11.5 Å². The maximum absolute atomic E-state index is 13.0. The Balaban J connectivity index is 1.88. The molecule has 0 radical (unpaired) electrons. The fraction of sp³-hybridized carbons (Fsp3) is 0.500. The lowest BCUT2D eigenvalue weighted by Gasteiger charge is -2.31. The van der Waals surface area contributed by atoms with E-state index in [2.05, 4.69) is 17.0 Å². The first-order chi connectivity index (χ1) is 18.6. The number of aliphatic hydroxyl groups excluding tert-OH is 2. The number of aliphatic hydroxyl groups is 2. The second kappa shape index (κ2) is 14.5. The molecule has 2 aromatic carbocycles. The summed E-state index contributed by atoms with van der Waals surface area (Å²) in [5.41, 5.74) is 0.0561. The van der Waals surface area contributed by atoms with E-state index < -0.39 is 42.6 Å². The molecule has 1 fully saturated rings. The number of hydrogen-bond acceptors (Lipinski definition) is 11. The van der Waals surface area contributed by atoms with Crippen LogP contribution in [0.5, 0.6) is 11.5 Å². The van der Waals surface area contributed by atoms with Gasteiger partial charge in [-0.1, -0.05) is 31.5 Å². The highest BCUT2D eigenvalue weighted by molar-refractivity contribution is 7.97. The van der Waals surface area contributed by atoms with Crippen molar-refractivity contribution in [2.45, 2.75) is 70.3 Å². The Morgan fingerprint density at radius 2 is 1.87 bits per heavy atom. The lowest BCUT2D eigenvalue weighted by molar-refractivity contribution is -0.161. The molecule has 1 saturated heterocycles. The number of ether oxygens (including phenoxy) is 4. The summed E-state index contributed by atoms with van der Waals surface area (Å²) in [7, 11) is 0. The zero-order chi connectivity index (χ0) is 28.4. The van der Waals surface area contributed by atoms with Crippen LogP contribution in [-0.2, 0) is 19.0 Å². The Kier molecular flexibility index (Phi) is 11.4. The fourth-order valence-corrected chi connectivity index (χ4v) is 4.40. The van der Waals surface area contributed by atoms with Crippen molar-refractivity contribution in [3.05, 3.63) is 48.0 Å². The number of nitrogens with one attached hydrogen (secondary N) is 2. The van der Waals surface area contributed by atoms with E-state index >= 15 is 0 Å². The Bertz CT molecular complexity index is 1090. The summed E-state index contributed by atoms with van der Waals surface area (Å²) in [5.74, 6) is -0.101. The molecule has 4 N–H and O–H groups in total. The van der Waals surface area contributed by atoms with Crippen molar-refractivity contribution in [2.24, 2.45) is 5.41 Å². The van der Waals surface area contributed by atoms with E-state index in [1.54, 1.807) is 32.9 Å². The molecule has 0 amide bonds. The average molecular weight is 563 g/mol. The molecule has 1 heterocycles. The van der Waals surface area contributed by atoms with Crippen LogP contribution in [0.1, 0.15) is 57.3 Å². The number of rotatable bonds is 12. The summed E-state index contributed by atoms with van der Waals surface area (Å²) in [6.07, 6.45) is -0.365. The molecule has 10 nitrogen and oxygen atoms in total. The van der Waals surface area contributed by atoms with Gasteiger partial charge in [-0.25, -0.2) is 9.52 Å². The van der Waals surface area contributed by atoms with Crippen molar-refractivity contribution in [1.29, 1.82) is 0 Å². The van der Waals surface area contributed by atoms with Crippen LogP contribution >= 0.6 is 11.9 Å². The first-order valence-electron chi connectivity index (χ1n) is 13.0. The minimum absolute atomic E-state index is 0.0894. The molecule has 0 aromatic heterocycles. The summed E-state index contributed by atoms with van der Waals surface area (Å²) in [6, 6.07) is 12.5. The van der Waals surface area contributed by atoms with Crippen LogP contribution in [0, 0.1) is 5.41 Å². The van der Waals surface area contributed by atoms with Gasteiger partial charge in [-0.05, 0) is 63.4 Å². The zero-order valence-corrected chi connectivity index (χ0v) is 23.6. The van der Waals surface area contributed by atoms with Crippen LogP contribution in [0.25, 0.3) is 0 Å². The van der Waals surface area contributed by atoms with E-state index in [4.69, 9.17) is 18.9 Å². The molecule has 39 heavy (non-hydrogen) atoms. The van der Waals surface area contributed by atoms with Gasteiger partial charge in [-0.2, -0.15) is 0 Å². The van der Waals surface area contributed by atoms with Gasteiger partial charge in [0.2, 0.25) is 6.79 Å². The molecule has 1 aliphatic rings. The van der Waals surface area contributed by atoms with E-state index in [1.807, 2.05) is 30.3 Å². The Morgan fingerprint density at radius 3 is 2.54 bits per heavy atom. The molecule has 0 spiro atoms. The molecule has 3 rings (SSSR count). The number of anilines is 1. The summed E-state index contributed by atoms with van der Waals surface area (Å²) in [5, 5.41) is 23.4. The van der Waals surface area contributed by atoms with Crippen LogP contribution in [0.2, 0.25) is 0 Å². The number of carbonyl (C=O) groups excluding carboxylic acids is 2. The van der Waals surface area contributed by atoms with Crippen LogP contribution in [0.4, 0.5) is 5.69 Å². The standard InChI is InChI=1S/C28H38N2O8S/c1-5-6-12-29-21-13-18(26(33)36-17-37-27(34)28(2,3)4)14-23(24(21)38-20-10-8-7-9-11-20)39-30-25-22(32)15-19(31)16-35-25/h7-11,13-14,19,22,25,29-32H,5-6,12,15-17H2,1-4H3. The smallest absolute Gasteiger partial charge is 0.341 e. The van der Waals surface area contributed by atoms with Crippen LogP contribution in [0.3, 0.4) is 0 Å². The van der Waals surface area contributed by atoms with E-state index in [0.717, 1.165) is 24.8 Å². The summed E-state index contributed by atoms with van der Waals surface area (Å²) in [4.78, 5) is 25.5. The molecule has 0 aliphatic carbocycles. The third-order valence-electron chi connectivity index (χ3n) is 5.71. The summed E-state index contributed by atoms with van der Waals surface area (Å²) < 4.78 is 25.2. The number of para-hydroxylation sites is 1. The van der Waals surface area contributed by atoms with Gasteiger partial charge in [0.05, 0.1) is 40.4 Å². The zero-order valence-electron chi connectivity index (χ0n) is 22.8. The fourth-order valence-electron chi connectivity index (χ4n) is 3.51. The molecule has 214 valence electrons. The van der Waals surface area contributed by atoms with E-state index in [0.29, 0.717) is 28.6 Å². The number of benzene rings is 2. The lowest BCUT2D eigenvalue weighted by Crippen LogP contribution is -2.47. The highest BCUT2D eigenvalue weighted by Crippen LogP contribution is 2.40. The highest BCUT2D eigenvalue weighted by atomic mass is 32.2. The Hall–Kier alpha value is -2.83. The van der Waals surface area contributed by atoms with Crippen LogP contribution in [0.15, 0.2) is 47.4 Å². The van der Waals surface area contributed by atoms with Crippen molar-refractivity contribution < 1.29 is 38.7 Å². The van der Waals surface area contributed by atoms with Crippen molar-refractivity contribution in [2.75, 3.05) is 25.3 Å². The molecular weight excluding hydrogens is 524 g/mol. The summed E-state index contributed by atoms with van der Waals surface area (Å²) in [6.45, 7) is 7.42. The Labute approximate surface area is 233 Å². The molecule has 0 bridgehead atoms. The van der Waals surface area contributed by atoms with Gasteiger partial charge in [0, 0.05) is 13.0 Å². The maximum atomic E-state index is 13.0. The molecule has 3 atom stereocenters. The van der Waals surface area contributed by atoms with Crippen LogP contribution in [-0.4, -0.2) is 60.5 Å². The van der Waals surface area contributed by atoms with Gasteiger partial charge in [0.15, 0.2) is 5.75 Å². The molecule has 3 unspecified atom stereocenters. The second-order valence-corrected chi connectivity index (χ2v) is 11.1. The van der Waals surface area contributed by atoms with E-state index in [-0.39, 0.29) is 18.6 Å². The highest BCUT2D eigenvalue weighted by Gasteiger charge is 2.30. The van der Waals surface area contributed by atoms with Crippen molar-refractivity contribution in [1.82, 2.24) is 4.72 Å². The number of carbonyl (C=O) groups is 2. The number of unbranched alkanes of at least 4 members (excludes halogenated alkanes) is 1. The van der Waals surface area contributed by atoms with Gasteiger partial charge in [0.25, 0.3) is 0 Å². The third-order valence-corrected chi connectivity index (χ3v) is 6.58. The molecular formula is C28H38N2O8S. The summed E-state index contributed by atoms with van der Waals surface area (Å²) >= 11 is 1.12. The van der Waals surface area contributed by atoms with E-state index in [1.165, 1.54) is 0 Å². The quantitative estimate of drug-likeness (QED) is 0.126. The number of hydrogen-bond donors (Lipinski definition) is 4. The first-order valence-corrected chi connectivity index (χ1v) is 13.8. The van der Waals surface area contributed by atoms with Gasteiger partial charge >= 0.3 is 11.9 Å². The molecule has 0 saturated carbocycles. The molecule has 11 heteroatoms. The normalized spacial score (nSPS) is 19.3. The predicted octanol–water partition coefficient (Wildman–Crippen LogP) is 4.46. The van der Waals surface area contributed by atoms with E-state index in [9.17, 15) is 19.8 Å². The van der Waals surface area contributed by atoms with Gasteiger partial charge < -0.3 is 34.5 Å². The van der Waals surface area contributed by atoms with Crippen molar-refractivity contribution in [3.63, 3.8) is 0 Å². The molecule has 1 aliphatic heterocycles. The monoisotopic (exact) mass is 562 g/mol. The predicted molar refractivity (Wildman–Crippen MR) is 148 cm³/mol. The second-order valence-electron chi connectivity index (χ2n) is 10.2. The molecule has 2 aromatic rings. The topological polar surface area (TPSA) is 136 Å².